The van der Waals surface area contributed by atoms with Crippen molar-refractivity contribution in [1.82, 2.24) is 0 Å². The average Bonchev–Trinajstić information content (AvgIpc) is 3.14. The Hall–Kier alpha value is -1.82. The zero-order valence-electron chi connectivity index (χ0n) is 15.1. The Kier molecular flexibility index (Phi) is 7.12. The lowest BCUT2D eigenvalue weighted by atomic mass is 10.0. The quantitative estimate of drug-likeness (QED) is 0.281. The van der Waals surface area contributed by atoms with E-state index in [9.17, 15) is 0 Å². The Balaban J connectivity index is 1.68. The summed E-state index contributed by atoms with van der Waals surface area (Å²) in [6, 6.07) is 19.3. The normalized spacial score (nSPS) is 10.4. The molecule has 0 N–H and O–H groups in total. The van der Waals surface area contributed by atoms with E-state index in [1.54, 1.807) is 11.3 Å². The van der Waals surface area contributed by atoms with Gasteiger partial charge in [-0.05, 0) is 59.7 Å². The van der Waals surface area contributed by atoms with Gasteiger partial charge in [0.1, 0.15) is 0 Å². The zero-order valence-corrected chi connectivity index (χ0v) is 17.5. The average molecular weight is 423 g/mol. The van der Waals surface area contributed by atoms with Crippen molar-refractivity contribution >= 4 is 27.3 Å². The van der Waals surface area contributed by atoms with Gasteiger partial charge in [0.25, 0.3) is 0 Å². The summed E-state index contributed by atoms with van der Waals surface area (Å²) in [4.78, 5) is 1.12. The summed E-state index contributed by atoms with van der Waals surface area (Å²) in [5.74, 6) is 6.68. The van der Waals surface area contributed by atoms with Gasteiger partial charge in [-0.2, -0.15) is 0 Å². The molecule has 0 aliphatic heterocycles. The van der Waals surface area contributed by atoms with Crippen LogP contribution in [-0.4, -0.2) is 0 Å². The molecular weight excluding hydrogens is 400 g/mol. The summed E-state index contributed by atoms with van der Waals surface area (Å²) in [5.41, 5.74) is 4.92. The Morgan fingerprint density at radius 1 is 0.846 bits per heavy atom. The van der Waals surface area contributed by atoms with E-state index in [1.165, 1.54) is 48.8 Å². The Morgan fingerprint density at radius 3 is 2.35 bits per heavy atom. The lowest BCUT2D eigenvalue weighted by Gasteiger charge is -2.01. The third kappa shape index (κ3) is 5.34. The lowest BCUT2D eigenvalue weighted by molar-refractivity contribution is 0.667. The van der Waals surface area contributed by atoms with E-state index < -0.39 is 0 Å². The van der Waals surface area contributed by atoms with Crippen LogP contribution in [0.15, 0.2) is 64.5 Å². The van der Waals surface area contributed by atoms with Gasteiger partial charge in [-0.15, -0.1) is 11.3 Å². The molecule has 0 unspecified atom stereocenters. The topological polar surface area (TPSA) is 0 Å². The van der Waals surface area contributed by atoms with Gasteiger partial charge in [-0.3, -0.25) is 0 Å². The van der Waals surface area contributed by atoms with Gasteiger partial charge in [0.05, 0.1) is 4.88 Å². The molecule has 0 saturated carbocycles. The van der Waals surface area contributed by atoms with Crippen LogP contribution in [0.5, 0.6) is 0 Å². The Labute approximate surface area is 169 Å². The van der Waals surface area contributed by atoms with E-state index in [0.717, 1.165) is 14.9 Å². The number of hydrogen-bond acceptors (Lipinski definition) is 1. The fraction of sp³-hybridized carbons (Fsp3) is 0.250. The number of unbranched alkanes of at least 4 members (excludes halogenated alkanes) is 3. The maximum Gasteiger partial charge on any atom is 0.0850 e. The van der Waals surface area contributed by atoms with Crippen molar-refractivity contribution in [3.05, 3.63) is 80.5 Å². The van der Waals surface area contributed by atoms with Gasteiger partial charge in [0, 0.05) is 15.6 Å². The van der Waals surface area contributed by atoms with Gasteiger partial charge < -0.3 is 0 Å². The number of rotatable bonds is 6. The number of halogens is 1. The molecule has 2 heteroatoms. The van der Waals surface area contributed by atoms with E-state index in [1.807, 2.05) is 0 Å². The number of benzene rings is 2. The van der Waals surface area contributed by atoms with Crippen LogP contribution in [0.3, 0.4) is 0 Å². The fourth-order valence-corrected chi connectivity index (χ4v) is 3.93. The molecule has 1 aromatic heterocycles. The van der Waals surface area contributed by atoms with Crippen LogP contribution < -0.4 is 0 Å². The first kappa shape index (κ1) is 19.0. The van der Waals surface area contributed by atoms with Gasteiger partial charge in [-0.25, -0.2) is 0 Å². The van der Waals surface area contributed by atoms with Crippen molar-refractivity contribution in [2.45, 2.75) is 39.0 Å². The summed E-state index contributed by atoms with van der Waals surface area (Å²) >= 11 is 5.19. The smallest absolute Gasteiger partial charge is 0.0850 e. The highest BCUT2D eigenvalue weighted by atomic mass is 79.9. The van der Waals surface area contributed by atoms with Gasteiger partial charge in [0.15, 0.2) is 0 Å². The van der Waals surface area contributed by atoms with Crippen LogP contribution in [0.4, 0.5) is 0 Å². The molecule has 1 heterocycles. The highest BCUT2D eigenvalue weighted by molar-refractivity contribution is 9.10. The molecule has 0 aliphatic carbocycles. The number of aryl methyl sites for hydroxylation is 1. The molecular formula is C24H23BrS. The van der Waals surface area contributed by atoms with Crippen molar-refractivity contribution < 1.29 is 0 Å². The third-order valence-corrected chi connectivity index (χ3v) is 5.77. The van der Waals surface area contributed by atoms with Crippen LogP contribution in [0.25, 0.3) is 11.1 Å². The standard InChI is InChI=1S/C24H23BrS/c1-2-3-4-5-6-19-7-9-20(10-8-19)11-16-24-23(17-18-26-24)21-12-14-22(25)15-13-21/h7-10,12-15,17-18H,2-6H2,1H3. The fourth-order valence-electron chi connectivity index (χ4n) is 2.90. The van der Waals surface area contributed by atoms with Crippen molar-refractivity contribution in [2.24, 2.45) is 0 Å². The van der Waals surface area contributed by atoms with Crippen LogP contribution in [0, 0.1) is 11.8 Å². The zero-order chi connectivity index (χ0) is 18.2. The second kappa shape index (κ2) is 9.76. The molecule has 26 heavy (non-hydrogen) atoms. The van der Waals surface area contributed by atoms with Crippen LogP contribution in [0.1, 0.15) is 48.6 Å². The maximum atomic E-state index is 3.49. The molecule has 0 radical (unpaired) electrons. The molecule has 0 bridgehead atoms. The van der Waals surface area contributed by atoms with Gasteiger partial charge in [-0.1, -0.05) is 78.2 Å². The second-order valence-corrected chi connectivity index (χ2v) is 8.26. The third-order valence-electron chi connectivity index (χ3n) is 4.41. The number of hydrogen-bond donors (Lipinski definition) is 0. The molecule has 0 atom stereocenters. The first-order valence-electron chi connectivity index (χ1n) is 9.20. The lowest BCUT2D eigenvalue weighted by Crippen LogP contribution is -1.86. The maximum absolute atomic E-state index is 3.49. The molecule has 0 fully saturated rings. The van der Waals surface area contributed by atoms with Gasteiger partial charge in [0.2, 0.25) is 0 Å². The molecule has 3 rings (SSSR count). The summed E-state index contributed by atoms with van der Waals surface area (Å²) in [5, 5.41) is 2.11. The summed E-state index contributed by atoms with van der Waals surface area (Å²) in [6.45, 7) is 2.25. The molecule has 0 nitrogen and oxygen atoms in total. The predicted molar refractivity (Wildman–Crippen MR) is 118 cm³/mol. The Bertz CT molecular complexity index is 876. The highest BCUT2D eigenvalue weighted by Crippen LogP contribution is 2.28. The predicted octanol–water partition coefficient (Wildman–Crippen LogP) is 7.70. The first-order valence-corrected chi connectivity index (χ1v) is 10.9. The van der Waals surface area contributed by atoms with Crippen LogP contribution in [0.2, 0.25) is 0 Å². The summed E-state index contributed by atoms with van der Waals surface area (Å²) < 4.78 is 1.10. The van der Waals surface area contributed by atoms with Gasteiger partial charge >= 0.3 is 0 Å². The monoisotopic (exact) mass is 422 g/mol. The minimum absolute atomic E-state index is 1.08. The molecule has 3 aromatic rings. The van der Waals surface area contributed by atoms with E-state index >= 15 is 0 Å². The van der Waals surface area contributed by atoms with E-state index in [4.69, 9.17) is 0 Å². The van der Waals surface area contributed by atoms with Crippen molar-refractivity contribution in [3.63, 3.8) is 0 Å². The molecule has 2 aromatic carbocycles. The van der Waals surface area contributed by atoms with Crippen molar-refractivity contribution in [2.75, 3.05) is 0 Å². The molecule has 132 valence electrons. The first-order chi connectivity index (χ1) is 12.8. The van der Waals surface area contributed by atoms with E-state index in [2.05, 4.69) is 94.7 Å². The van der Waals surface area contributed by atoms with E-state index in [-0.39, 0.29) is 0 Å². The van der Waals surface area contributed by atoms with Crippen molar-refractivity contribution in [3.8, 4) is 23.0 Å². The summed E-state index contributed by atoms with van der Waals surface area (Å²) in [7, 11) is 0. The van der Waals surface area contributed by atoms with Crippen molar-refractivity contribution in [1.29, 1.82) is 0 Å². The Morgan fingerprint density at radius 2 is 1.62 bits per heavy atom. The second-order valence-electron chi connectivity index (χ2n) is 6.43. The molecule has 0 spiro atoms. The van der Waals surface area contributed by atoms with Crippen LogP contribution in [-0.2, 0) is 6.42 Å². The summed E-state index contributed by atoms with van der Waals surface area (Å²) in [6.07, 6.45) is 6.41. The highest BCUT2D eigenvalue weighted by Gasteiger charge is 2.04. The molecule has 0 amide bonds. The SMILES string of the molecule is CCCCCCc1ccc(C#Cc2sccc2-c2ccc(Br)cc2)cc1. The molecule has 0 saturated heterocycles. The minimum Gasteiger partial charge on any atom is -0.135 e. The minimum atomic E-state index is 1.08. The van der Waals surface area contributed by atoms with Crippen LogP contribution >= 0.6 is 27.3 Å². The van der Waals surface area contributed by atoms with E-state index in [0.29, 0.717) is 0 Å². The molecule has 0 aliphatic rings. The number of thiophene rings is 1. The largest absolute Gasteiger partial charge is 0.135 e.